The van der Waals surface area contributed by atoms with Gasteiger partial charge in [-0.3, -0.25) is 0 Å². The van der Waals surface area contributed by atoms with Gasteiger partial charge in [-0.1, -0.05) is 6.07 Å². The monoisotopic (exact) mass is 297 g/mol. The van der Waals surface area contributed by atoms with E-state index in [9.17, 15) is 0 Å². The summed E-state index contributed by atoms with van der Waals surface area (Å²) < 4.78 is 9.87. The Morgan fingerprint density at radius 1 is 1.47 bits per heavy atom. The molecule has 2 N–H and O–H groups in total. The minimum Gasteiger partial charge on any atom is -0.487 e. The van der Waals surface area contributed by atoms with Crippen LogP contribution >= 0.6 is 22.9 Å². The Hall–Kier alpha value is -1.27. The number of nitrogen functional groups attached to an aromatic ring is 1. The lowest BCUT2D eigenvalue weighted by atomic mass is 10.3. The molecular formula is C13H19N3OS2. The van der Waals surface area contributed by atoms with Gasteiger partial charge in [-0.05, 0) is 43.8 Å². The Morgan fingerprint density at radius 2 is 2.26 bits per heavy atom. The molecule has 0 atom stereocenters. The first-order valence-electron chi connectivity index (χ1n) is 6.30. The first-order chi connectivity index (χ1) is 9.13. The third-order valence-electron chi connectivity index (χ3n) is 2.74. The molecule has 0 amide bonds. The zero-order chi connectivity index (χ0) is 13.8. The van der Waals surface area contributed by atoms with E-state index < -0.39 is 0 Å². The molecule has 0 unspecified atom stereocenters. The predicted molar refractivity (Wildman–Crippen MR) is 83.3 cm³/mol. The van der Waals surface area contributed by atoms with E-state index in [1.54, 1.807) is 11.3 Å². The van der Waals surface area contributed by atoms with E-state index in [0.29, 0.717) is 18.5 Å². The minimum atomic E-state index is 0.362. The molecule has 4 nitrogen and oxygen atoms in total. The molecule has 0 radical (unpaired) electrons. The first-order valence-corrected chi connectivity index (χ1v) is 7.95. The predicted octanol–water partition coefficient (Wildman–Crippen LogP) is 3.60. The van der Waals surface area contributed by atoms with E-state index >= 15 is 0 Å². The number of rotatable bonds is 6. The quantitative estimate of drug-likeness (QED) is 0.885. The number of aromatic nitrogens is 1. The van der Waals surface area contributed by atoms with Crippen LogP contribution in [0.4, 0.5) is 10.8 Å². The van der Waals surface area contributed by atoms with Crippen molar-refractivity contribution in [2.45, 2.75) is 33.4 Å². The largest absolute Gasteiger partial charge is 0.487 e. The minimum absolute atomic E-state index is 0.362. The molecule has 0 saturated heterocycles. The fourth-order valence-electron chi connectivity index (χ4n) is 1.81. The third kappa shape index (κ3) is 3.19. The molecule has 2 heterocycles. The molecular weight excluding hydrogens is 278 g/mol. The lowest BCUT2D eigenvalue weighted by Crippen LogP contribution is -2.29. The molecule has 0 saturated carbocycles. The van der Waals surface area contributed by atoms with Crippen molar-refractivity contribution in [3.63, 3.8) is 0 Å². The molecule has 0 aliphatic carbocycles. The van der Waals surface area contributed by atoms with Crippen LogP contribution in [0.5, 0.6) is 5.75 Å². The van der Waals surface area contributed by atoms with E-state index in [-0.39, 0.29) is 0 Å². The van der Waals surface area contributed by atoms with Crippen LogP contribution in [-0.2, 0) is 6.54 Å². The SMILES string of the molecule is CCOc1c(N)nsc1N(Cc1cccs1)C(C)C. The van der Waals surface area contributed by atoms with Crippen molar-refractivity contribution in [2.75, 3.05) is 17.2 Å². The topological polar surface area (TPSA) is 51.4 Å². The van der Waals surface area contributed by atoms with Gasteiger partial charge in [0, 0.05) is 10.9 Å². The van der Waals surface area contributed by atoms with Crippen molar-refractivity contribution in [1.29, 1.82) is 0 Å². The molecule has 2 aromatic rings. The van der Waals surface area contributed by atoms with E-state index in [2.05, 4.69) is 40.6 Å². The summed E-state index contributed by atoms with van der Waals surface area (Å²) in [4.78, 5) is 3.60. The van der Waals surface area contributed by atoms with Gasteiger partial charge >= 0.3 is 0 Å². The number of nitrogens with zero attached hydrogens (tertiary/aromatic N) is 2. The maximum Gasteiger partial charge on any atom is 0.197 e. The zero-order valence-electron chi connectivity index (χ0n) is 11.4. The molecule has 0 fully saturated rings. The molecule has 0 aromatic carbocycles. The fourth-order valence-corrected chi connectivity index (χ4v) is 3.40. The van der Waals surface area contributed by atoms with Crippen LogP contribution < -0.4 is 15.4 Å². The van der Waals surface area contributed by atoms with E-state index in [4.69, 9.17) is 10.5 Å². The van der Waals surface area contributed by atoms with Crippen LogP contribution in [0.1, 0.15) is 25.6 Å². The average molecular weight is 297 g/mol. The van der Waals surface area contributed by atoms with Crippen LogP contribution in [0.3, 0.4) is 0 Å². The lowest BCUT2D eigenvalue weighted by Gasteiger charge is -2.27. The summed E-state index contributed by atoms with van der Waals surface area (Å²) in [6.45, 7) is 7.75. The van der Waals surface area contributed by atoms with Crippen molar-refractivity contribution in [3.8, 4) is 5.75 Å². The van der Waals surface area contributed by atoms with Gasteiger partial charge in [0.2, 0.25) is 0 Å². The average Bonchev–Trinajstić information content (AvgIpc) is 2.98. The second kappa shape index (κ2) is 6.25. The number of anilines is 2. The molecule has 104 valence electrons. The van der Waals surface area contributed by atoms with Crippen LogP contribution in [0.2, 0.25) is 0 Å². The zero-order valence-corrected chi connectivity index (χ0v) is 13.1. The second-order valence-electron chi connectivity index (χ2n) is 4.44. The molecule has 0 bridgehead atoms. The van der Waals surface area contributed by atoms with E-state index in [1.165, 1.54) is 16.4 Å². The normalized spacial score (nSPS) is 10.9. The summed E-state index contributed by atoms with van der Waals surface area (Å²) in [7, 11) is 0. The second-order valence-corrected chi connectivity index (χ2v) is 6.22. The van der Waals surface area contributed by atoms with Gasteiger partial charge in [0.05, 0.1) is 13.2 Å². The maximum atomic E-state index is 5.89. The highest BCUT2D eigenvalue weighted by Gasteiger charge is 2.21. The number of hydrogen-bond acceptors (Lipinski definition) is 6. The van der Waals surface area contributed by atoms with Crippen LogP contribution in [0, 0.1) is 0 Å². The van der Waals surface area contributed by atoms with Gasteiger partial charge in [0.25, 0.3) is 0 Å². The summed E-state index contributed by atoms with van der Waals surface area (Å²) in [6.07, 6.45) is 0. The summed E-state index contributed by atoms with van der Waals surface area (Å²) in [5.74, 6) is 1.21. The Morgan fingerprint density at radius 3 is 2.84 bits per heavy atom. The lowest BCUT2D eigenvalue weighted by molar-refractivity contribution is 0.342. The number of hydrogen-bond donors (Lipinski definition) is 1. The summed E-state index contributed by atoms with van der Waals surface area (Å²) in [5.41, 5.74) is 5.89. The number of thiophene rings is 1. The van der Waals surface area contributed by atoms with E-state index in [1.807, 2.05) is 6.92 Å². The highest BCUT2D eigenvalue weighted by Crippen LogP contribution is 2.40. The standard InChI is InChI=1S/C13H19N3OS2/c1-4-17-11-12(14)15-19-13(11)16(9(2)3)8-10-6-5-7-18-10/h5-7,9H,4,8H2,1-3H3,(H2,14,15). The summed E-state index contributed by atoms with van der Waals surface area (Å²) >= 11 is 3.16. The smallest absolute Gasteiger partial charge is 0.197 e. The van der Waals surface area contributed by atoms with Gasteiger partial charge in [-0.25, -0.2) is 0 Å². The van der Waals surface area contributed by atoms with Gasteiger partial charge in [-0.2, -0.15) is 4.37 Å². The molecule has 0 spiro atoms. The Labute approximate surface area is 122 Å². The van der Waals surface area contributed by atoms with Crippen LogP contribution in [-0.4, -0.2) is 17.0 Å². The molecule has 0 aliphatic heterocycles. The molecule has 19 heavy (non-hydrogen) atoms. The fraction of sp³-hybridized carbons (Fsp3) is 0.462. The van der Waals surface area contributed by atoms with Crippen molar-refractivity contribution < 1.29 is 4.74 Å². The Bertz CT molecular complexity index is 508. The highest BCUT2D eigenvalue weighted by atomic mass is 32.1. The van der Waals surface area contributed by atoms with Gasteiger partial charge in [-0.15, -0.1) is 11.3 Å². The van der Waals surface area contributed by atoms with Crippen molar-refractivity contribution >= 4 is 33.7 Å². The first kappa shape index (κ1) is 14.1. The maximum absolute atomic E-state index is 5.89. The Balaban J connectivity index is 2.28. The molecule has 0 aliphatic rings. The summed E-state index contributed by atoms with van der Waals surface area (Å²) in [6, 6.07) is 4.58. The van der Waals surface area contributed by atoms with Crippen LogP contribution in [0.25, 0.3) is 0 Å². The van der Waals surface area contributed by atoms with Gasteiger partial charge in [0.1, 0.15) is 0 Å². The Kier molecular flexibility index (Phi) is 4.66. The molecule has 2 rings (SSSR count). The molecule has 2 aromatic heterocycles. The number of ether oxygens (including phenoxy) is 1. The molecule has 6 heteroatoms. The highest BCUT2D eigenvalue weighted by molar-refractivity contribution is 7.11. The van der Waals surface area contributed by atoms with Gasteiger partial charge in [0.15, 0.2) is 16.6 Å². The van der Waals surface area contributed by atoms with Crippen molar-refractivity contribution in [3.05, 3.63) is 22.4 Å². The van der Waals surface area contributed by atoms with Crippen molar-refractivity contribution in [2.24, 2.45) is 0 Å². The number of nitrogens with two attached hydrogens (primary N) is 1. The summed E-state index contributed by atoms with van der Waals surface area (Å²) in [5, 5.41) is 3.11. The van der Waals surface area contributed by atoms with Gasteiger partial charge < -0.3 is 15.4 Å². The van der Waals surface area contributed by atoms with Crippen molar-refractivity contribution in [1.82, 2.24) is 4.37 Å². The third-order valence-corrected chi connectivity index (χ3v) is 4.48. The van der Waals surface area contributed by atoms with E-state index in [0.717, 1.165) is 17.3 Å². The van der Waals surface area contributed by atoms with Crippen LogP contribution in [0.15, 0.2) is 17.5 Å².